The maximum atomic E-state index is 6.45. The monoisotopic (exact) mass is 1340 g/mol. The normalized spacial score (nSPS) is 9.95. The average Bonchev–Trinajstić information content (AvgIpc) is 4.07. The van der Waals surface area contributed by atoms with Crippen molar-refractivity contribution in [3.63, 3.8) is 0 Å². The number of hydrogen-bond acceptors (Lipinski definition) is 4. The fourth-order valence-electron chi connectivity index (χ4n) is 9.25. The van der Waals surface area contributed by atoms with E-state index in [2.05, 4.69) is 220 Å². The average molecular weight is 1340 g/mol. The zero-order valence-corrected chi connectivity index (χ0v) is 48.1. The maximum Gasteiger partial charge on any atom is 0.146 e. The Morgan fingerprint density at radius 3 is 1.24 bits per heavy atom. The first-order chi connectivity index (χ1) is 35.6. The van der Waals surface area contributed by atoms with Crippen LogP contribution in [0.4, 0.5) is 0 Å². The van der Waals surface area contributed by atoms with E-state index < -0.39 is 0 Å². The standard InChI is InChI=1S/C26H25N3.C26H24N3.C15H3.CH4.2Ir/c2*1-16(2)18-11-7-12-19(17(3)4)24(18)23-15-28-26-21-10-6-5-9-20(21)22-13-8-14-27-25(22)29(23)26;1-3-5-7-9-11-13-15-14-12-10-8-6-4-2;;;/h5-17H,1-4H3;5-9,11-17H,1-4H3;1H3;1H4;;/q;2*-1;;;. The van der Waals surface area contributed by atoms with Crippen LogP contribution in [0.2, 0.25) is 0 Å². The molecule has 0 aliphatic heterocycles. The number of fused-ring (bicyclic) bond motifs is 12. The molecule has 0 unspecified atom stereocenters. The number of hydrogen-bond donors (Lipinski definition) is 0. The minimum Gasteiger partial charge on any atom is -0.358 e. The third kappa shape index (κ3) is 12.3. The van der Waals surface area contributed by atoms with Gasteiger partial charge in [-0.25, -0.2) is 20.9 Å². The number of imidazole rings is 2. The van der Waals surface area contributed by atoms with Crippen molar-refractivity contribution in [3.8, 4) is 99.5 Å². The van der Waals surface area contributed by atoms with Crippen LogP contribution in [0.15, 0.2) is 128 Å². The third-order valence-corrected chi connectivity index (χ3v) is 12.4. The van der Waals surface area contributed by atoms with Gasteiger partial charge in [-0.1, -0.05) is 141 Å². The van der Waals surface area contributed by atoms with Gasteiger partial charge in [0.1, 0.15) is 16.9 Å². The minimum absolute atomic E-state index is 0. The van der Waals surface area contributed by atoms with Gasteiger partial charge in [0.15, 0.2) is 0 Å². The van der Waals surface area contributed by atoms with Gasteiger partial charge in [0.05, 0.1) is 23.2 Å². The molecule has 4 aromatic carbocycles. The molecule has 0 saturated carbocycles. The molecule has 8 heteroatoms. The molecule has 6 nitrogen and oxygen atoms in total. The van der Waals surface area contributed by atoms with Gasteiger partial charge in [-0.2, -0.15) is 0 Å². The van der Waals surface area contributed by atoms with Crippen LogP contribution in [0.25, 0.3) is 77.4 Å². The summed E-state index contributed by atoms with van der Waals surface area (Å²) >= 11 is 0. The Kier molecular flexibility index (Phi) is 21.1. The number of aromatic nitrogens is 6. The van der Waals surface area contributed by atoms with E-state index in [-0.39, 0.29) is 47.6 Å². The fraction of sp³-hybridized carbons (Fsp3) is 0.206. The summed E-state index contributed by atoms with van der Waals surface area (Å²) in [6.07, 6.45) is 14.2. The van der Waals surface area contributed by atoms with Gasteiger partial charge in [-0.15, -0.1) is 35.6 Å². The first kappa shape index (κ1) is 58.7. The van der Waals surface area contributed by atoms with Gasteiger partial charge in [-0.05, 0) is 135 Å². The second-order valence-corrected chi connectivity index (χ2v) is 18.4. The molecular formula is C68H56Ir2N6-2. The number of nitrogens with zero attached hydrogens (tertiary/aromatic N) is 6. The van der Waals surface area contributed by atoms with Gasteiger partial charge in [0.25, 0.3) is 0 Å². The van der Waals surface area contributed by atoms with Gasteiger partial charge in [0.2, 0.25) is 0 Å². The molecule has 76 heavy (non-hydrogen) atoms. The first-order valence-corrected chi connectivity index (χ1v) is 24.3. The van der Waals surface area contributed by atoms with Crippen LogP contribution in [0.5, 0.6) is 0 Å². The molecule has 0 atom stereocenters. The van der Waals surface area contributed by atoms with Crippen LogP contribution in [0, 0.1) is 89.5 Å². The van der Waals surface area contributed by atoms with Crippen LogP contribution >= 0.6 is 0 Å². The minimum atomic E-state index is 0. The second kappa shape index (κ2) is 27.4. The van der Waals surface area contributed by atoms with Gasteiger partial charge >= 0.3 is 0 Å². The Bertz CT molecular complexity index is 3920. The smallest absolute Gasteiger partial charge is 0.146 e. The zero-order chi connectivity index (χ0) is 51.4. The van der Waals surface area contributed by atoms with E-state index in [1.54, 1.807) is 6.92 Å². The summed E-state index contributed by atoms with van der Waals surface area (Å²) in [7, 11) is 0. The Morgan fingerprint density at radius 1 is 0.421 bits per heavy atom. The molecule has 0 bridgehead atoms. The van der Waals surface area contributed by atoms with Crippen molar-refractivity contribution in [1.82, 2.24) is 28.7 Å². The summed E-state index contributed by atoms with van der Waals surface area (Å²) < 4.78 is 4.48. The molecule has 2 radical (unpaired) electrons. The molecular weight excluding hydrogens is 1290 g/mol. The van der Waals surface area contributed by atoms with Crippen LogP contribution in [-0.4, -0.2) is 28.7 Å². The summed E-state index contributed by atoms with van der Waals surface area (Å²) in [4.78, 5) is 19.3. The van der Waals surface area contributed by atoms with Crippen LogP contribution in [0.1, 0.15) is 116 Å². The van der Waals surface area contributed by atoms with E-state index in [4.69, 9.17) is 26.4 Å². The quantitative estimate of drug-likeness (QED) is 0.0946. The number of rotatable bonds is 6. The van der Waals surface area contributed by atoms with Crippen molar-refractivity contribution in [2.75, 3.05) is 0 Å². The summed E-state index contributed by atoms with van der Waals surface area (Å²) in [5.74, 6) is 33.0. The Balaban J connectivity index is 0.000000218. The maximum absolute atomic E-state index is 6.45. The largest absolute Gasteiger partial charge is 0.358 e. The topological polar surface area (TPSA) is 60.4 Å². The molecule has 0 spiro atoms. The molecule has 0 N–H and O–H groups in total. The van der Waals surface area contributed by atoms with Gasteiger partial charge in [0, 0.05) is 80.7 Å². The van der Waals surface area contributed by atoms with Gasteiger partial charge in [-0.3, -0.25) is 15.3 Å². The molecule has 10 rings (SSSR count). The van der Waals surface area contributed by atoms with Gasteiger partial charge < -0.3 is 10.8 Å². The summed E-state index contributed by atoms with van der Waals surface area (Å²) in [6, 6.07) is 39.7. The summed E-state index contributed by atoms with van der Waals surface area (Å²) in [5, 5.41) is 6.81. The zero-order valence-electron chi connectivity index (χ0n) is 43.3. The second-order valence-electron chi connectivity index (χ2n) is 18.4. The summed E-state index contributed by atoms with van der Waals surface area (Å²) in [6.45, 7) is 19.8. The van der Waals surface area contributed by atoms with E-state index >= 15 is 0 Å². The van der Waals surface area contributed by atoms with E-state index in [1.807, 2.05) is 55.0 Å². The molecule has 0 fully saturated rings. The van der Waals surface area contributed by atoms with E-state index in [0.29, 0.717) is 23.7 Å². The van der Waals surface area contributed by atoms with Crippen molar-refractivity contribution >= 4 is 54.9 Å². The Labute approximate surface area is 476 Å². The predicted octanol–water partition coefficient (Wildman–Crippen LogP) is 14.9. The van der Waals surface area contributed by atoms with Crippen LogP contribution < -0.4 is 0 Å². The number of benzene rings is 4. The molecule has 0 aliphatic carbocycles. The molecule has 0 amide bonds. The molecule has 6 heterocycles. The van der Waals surface area contributed by atoms with E-state index in [0.717, 1.165) is 60.9 Å². The van der Waals surface area contributed by atoms with Crippen molar-refractivity contribution in [3.05, 3.63) is 163 Å². The van der Waals surface area contributed by atoms with E-state index in [1.165, 1.54) is 38.8 Å². The third-order valence-electron chi connectivity index (χ3n) is 12.4. The SMILES string of the molecule is C.CC(C)c1cccc(C(C)C)c1-c1cnc2c3[c-]cccc3c3cccnc3n12.CC(C)c1cccc(C(C)C)c1-c1cnc2c3ccccc3c3cccnc3n12.[C-]#CC#CC#CC#CC#CC#CC#CC.[Ir].[Ir]. The van der Waals surface area contributed by atoms with Crippen LogP contribution in [0.3, 0.4) is 0 Å². The molecule has 378 valence electrons. The molecule has 0 aliphatic rings. The molecule has 0 saturated heterocycles. The van der Waals surface area contributed by atoms with Crippen molar-refractivity contribution < 1.29 is 40.2 Å². The van der Waals surface area contributed by atoms with Crippen molar-refractivity contribution in [2.24, 2.45) is 0 Å². The predicted molar refractivity (Wildman–Crippen MR) is 308 cm³/mol. The van der Waals surface area contributed by atoms with Crippen molar-refractivity contribution in [1.29, 1.82) is 0 Å². The van der Waals surface area contributed by atoms with E-state index in [9.17, 15) is 0 Å². The molecule has 10 aromatic rings. The van der Waals surface area contributed by atoms with Crippen molar-refractivity contribution in [2.45, 2.75) is 93.4 Å². The first-order valence-electron chi connectivity index (χ1n) is 24.3. The van der Waals surface area contributed by atoms with Crippen LogP contribution in [-0.2, 0) is 40.2 Å². The Hall–Kier alpha value is -8.18. The number of pyridine rings is 4. The Morgan fingerprint density at radius 2 is 0.789 bits per heavy atom. The fourth-order valence-corrected chi connectivity index (χ4v) is 9.25. The summed E-state index contributed by atoms with van der Waals surface area (Å²) in [5.41, 5.74) is 14.0. The molecule has 6 aromatic heterocycles.